The van der Waals surface area contributed by atoms with E-state index in [9.17, 15) is 9.59 Å². The topological polar surface area (TPSA) is 104 Å². The van der Waals surface area contributed by atoms with Gasteiger partial charge in [-0.3, -0.25) is 14.6 Å². The second-order valence-electron chi connectivity index (χ2n) is 7.18. The molecule has 2 aliphatic rings. The lowest BCUT2D eigenvalue weighted by atomic mass is 10.0. The van der Waals surface area contributed by atoms with E-state index in [1.807, 2.05) is 24.3 Å². The molecule has 29 heavy (non-hydrogen) atoms. The monoisotopic (exact) mass is 399 g/mol. The fraction of sp³-hybridized carbons (Fsp3) is 0.476. The highest BCUT2D eigenvalue weighted by molar-refractivity contribution is 5.81. The van der Waals surface area contributed by atoms with Gasteiger partial charge in [0.2, 0.25) is 5.91 Å². The van der Waals surface area contributed by atoms with Gasteiger partial charge in [0.15, 0.2) is 5.96 Å². The van der Waals surface area contributed by atoms with Crippen molar-refractivity contribution in [3.8, 4) is 0 Å². The van der Waals surface area contributed by atoms with E-state index in [2.05, 4.69) is 32.3 Å². The first-order chi connectivity index (χ1) is 14.1. The molecular formula is C21H29N5O3. The van der Waals surface area contributed by atoms with Crippen LogP contribution in [0.1, 0.15) is 31.2 Å². The number of nitrogens with zero attached hydrogens (tertiary/aromatic N) is 1. The predicted octanol–water partition coefficient (Wildman–Crippen LogP) is 1.26. The minimum Gasteiger partial charge on any atom is -0.469 e. The highest BCUT2D eigenvalue weighted by Crippen LogP contribution is 2.27. The summed E-state index contributed by atoms with van der Waals surface area (Å²) in [6.07, 6.45) is 4.22. The maximum atomic E-state index is 12.2. The molecule has 2 heterocycles. The SMILES string of the molecule is COC(=O)CC1CC(CNC(=O)CCCNC2=NCCN2)=Cc2ccccc2N1. The zero-order valence-electron chi connectivity index (χ0n) is 16.8. The molecule has 4 N–H and O–H groups in total. The average molecular weight is 399 g/mol. The zero-order chi connectivity index (χ0) is 20.5. The van der Waals surface area contributed by atoms with Crippen molar-refractivity contribution in [2.75, 3.05) is 38.6 Å². The van der Waals surface area contributed by atoms with Crippen molar-refractivity contribution >= 4 is 29.6 Å². The number of methoxy groups -OCH3 is 1. The summed E-state index contributed by atoms with van der Waals surface area (Å²) in [5.74, 6) is 0.583. The van der Waals surface area contributed by atoms with Gasteiger partial charge in [0.05, 0.1) is 20.1 Å². The molecular weight excluding hydrogens is 370 g/mol. The number of benzene rings is 1. The van der Waals surface area contributed by atoms with Crippen LogP contribution in [-0.4, -0.2) is 57.2 Å². The number of rotatable bonds is 8. The molecule has 0 aromatic heterocycles. The number of hydrogen-bond donors (Lipinski definition) is 4. The van der Waals surface area contributed by atoms with Crippen LogP contribution in [0.4, 0.5) is 5.69 Å². The standard InChI is InChI=1S/C21H29N5O3/c1-29-20(28)13-17-12-15(11-16-5-2-3-6-18(16)26-17)14-25-19(27)7-4-8-22-21-23-9-10-24-21/h2-3,5-6,11,17,26H,4,7-10,12-14H2,1H3,(H,25,27)(H2,22,23,24). The molecule has 156 valence electrons. The second kappa shape index (κ2) is 10.5. The molecule has 0 fully saturated rings. The minimum atomic E-state index is -0.251. The van der Waals surface area contributed by atoms with Crippen molar-refractivity contribution in [2.24, 2.45) is 4.99 Å². The molecule has 2 aliphatic heterocycles. The molecule has 0 aliphatic carbocycles. The van der Waals surface area contributed by atoms with E-state index >= 15 is 0 Å². The summed E-state index contributed by atoms with van der Waals surface area (Å²) in [6.45, 7) is 2.84. The first-order valence-corrected chi connectivity index (χ1v) is 10.0. The zero-order valence-corrected chi connectivity index (χ0v) is 16.8. The van der Waals surface area contributed by atoms with E-state index in [-0.39, 0.29) is 24.3 Å². The number of carbonyl (C=O) groups excluding carboxylic acids is 2. The highest BCUT2D eigenvalue weighted by Gasteiger charge is 2.20. The van der Waals surface area contributed by atoms with Crippen molar-refractivity contribution in [3.63, 3.8) is 0 Å². The lowest BCUT2D eigenvalue weighted by Gasteiger charge is -2.18. The third-order valence-electron chi connectivity index (χ3n) is 4.89. The van der Waals surface area contributed by atoms with Gasteiger partial charge in [-0.15, -0.1) is 0 Å². The molecule has 1 amide bonds. The van der Waals surface area contributed by atoms with Gasteiger partial charge in [-0.2, -0.15) is 0 Å². The average Bonchev–Trinajstić information content (AvgIpc) is 3.17. The number of fused-ring (bicyclic) bond motifs is 1. The van der Waals surface area contributed by atoms with Gasteiger partial charge in [0.1, 0.15) is 0 Å². The number of hydrogen-bond acceptors (Lipinski definition) is 7. The van der Waals surface area contributed by atoms with Crippen molar-refractivity contribution in [1.29, 1.82) is 0 Å². The molecule has 8 heteroatoms. The molecule has 0 spiro atoms. The maximum Gasteiger partial charge on any atom is 0.307 e. The van der Waals surface area contributed by atoms with Crippen LogP contribution in [0.3, 0.4) is 0 Å². The third-order valence-corrected chi connectivity index (χ3v) is 4.89. The lowest BCUT2D eigenvalue weighted by Crippen LogP contribution is -2.35. The quantitative estimate of drug-likeness (QED) is 0.388. The molecule has 0 radical (unpaired) electrons. The number of carbonyl (C=O) groups is 2. The van der Waals surface area contributed by atoms with Crippen LogP contribution in [0.25, 0.3) is 6.08 Å². The van der Waals surface area contributed by atoms with Crippen LogP contribution in [0.2, 0.25) is 0 Å². The van der Waals surface area contributed by atoms with Gasteiger partial charge in [-0.1, -0.05) is 24.3 Å². The van der Waals surface area contributed by atoms with Gasteiger partial charge >= 0.3 is 5.97 Å². The summed E-state index contributed by atoms with van der Waals surface area (Å²) in [6, 6.07) is 7.88. The Labute approximate surface area is 171 Å². The summed E-state index contributed by atoms with van der Waals surface area (Å²) in [7, 11) is 1.40. The molecule has 1 aromatic rings. The van der Waals surface area contributed by atoms with Crippen LogP contribution in [-0.2, 0) is 14.3 Å². The van der Waals surface area contributed by atoms with Crippen LogP contribution < -0.4 is 21.3 Å². The van der Waals surface area contributed by atoms with E-state index in [0.29, 0.717) is 25.9 Å². The molecule has 0 saturated carbocycles. The van der Waals surface area contributed by atoms with Crippen LogP contribution in [0, 0.1) is 0 Å². The number of esters is 1. The summed E-state index contributed by atoms with van der Waals surface area (Å²) >= 11 is 0. The molecule has 0 bridgehead atoms. The Morgan fingerprint density at radius 2 is 2.17 bits per heavy atom. The number of amides is 1. The molecule has 1 aromatic carbocycles. The first kappa shape index (κ1) is 20.7. The third kappa shape index (κ3) is 6.51. The number of aliphatic imine (C=N–C) groups is 1. The normalized spacial score (nSPS) is 17.6. The summed E-state index contributed by atoms with van der Waals surface area (Å²) in [5, 5.41) is 12.7. The van der Waals surface area contributed by atoms with E-state index in [0.717, 1.165) is 42.3 Å². The van der Waals surface area contributed by atoms with Gasteiger partial charge in [-0.05, 0) is 30.0 Å². The van der Waals surface area contributed by atoms with E-state index in [1.165, 1.54) is 7.11 Å². The predicted molar refractivity (Wildman–Crippen MR) is 114 cm³/mol. The highest BCUT2D eigenvalue weighted by atomic mass is 16.5. The molecule has 1 atom stereocenters. The Morgan fingerprint density at radius 1 is 1.31 bits per heavy atom. The fourth-order valence-corrected chi connectivity index (χ4v) is 3.42. The Balaban J connectivity index is 1.50. The van der Waals surface area contributed by atoms with Crippen LogP contribution in [0.5, 0.6) is 0 Å². The van der Waals surface area contributed by atoms with Gasteiger partial charge in [0.25, 0.3) is 0 Å². The number of anilines is 1. The van der Waals surface area contributed by atoms with Gasteiger partial charge in [0, 0.05) is 37.8 Å². The first-order valence-electron chi connectivity index (χ1n) is 10.0. The Bertz CT molecular complexity index is 790. The van der Waals surface area contributed by atoms with Crippen LogP contribution >= 0.6 is 0 Å². The van der Waals surface area contributed by atoms with Gasteiger partial charge < -0.3 is 26.0 Å². The summed E-state index contributed by atoms with van der Waals surface area (Å²) < 4.78 is 4.82. The fourth-order valence-electron chi connectivity index (χ4n) is 3.42. The van der Waals surface area contributed by atoms with Crippen LogP contribution in [0.15, 0.2) is 34.8 Å². The van der Waals surface area contributed by atoms with Crippen molar-refractivity contribution in [3.05, 3.63) is 35.4 Å². The lowest BCUT2D eigenvalue weighted by molar-refractivity contribution is -0.140. The van der Waals surface area contributed by atoms with Crippen molar-refractivity contribution in [1.82, 2.24) is 16.0 Å². The number of nitrogens with one attached hydrogen (secondary N) is 4. The van der Waals surface area contributed by atoms with Gasteiger partial charge in [-0.25, -0.2) is 0 Å². The minimum absolute atomic E-state index is 0.0176. The Kier molecular flexibility index (Phi) is 7.49. The second-order valence-corrected chi connectivity index (χ2v) is 7.18. The number of para-hydroxylation sites is 1. The molecule has 1 unspecified atom stereocenters. The van der Waals surface area contributed by atoms with E-state index in [4.69, 9.17) is 4.74 Å². The smallest absolute Gasteiger partial charge is 0.307 e. The van der Waals surface area contributed by atoms with E-state index in [1.54, 1.807) is 0 Å². The molecule has 3 rings (SSSR count). The largest absolute Gasteiger partial charge is 0.469 e. The molecule has 0 saturated heterocycles. The van der Waals surface area contributed by atoms with E-state index < -0.39 is 0 Å². The summed E-state index contributed by atoms with van der Waals surface area (Å²) in [5.41, 5.74) is 3.11. The maximum absolute atomic E-state index is 12.2. The Hall–Kier alpha value is -3.03. The van der Waals surface area contributed by atoms with Crippen molar-refractivity contribution in [2.45, 2.75) is 31.7 Å². The number of guanidine groups is 1. The van der Waals surface area contributed by atoms with Crippen molar-refractivity contribution < 1.29 is 14.3 Å². The summed E-state index contributed by atoms with van der Waals surface area (Å²) in [4.78, 5) is 28.2. The number of ether oxygens (including phenoxy) is 1. The Morgan fingerprint density at radius 3 is 2.97 bits per heavy atom. The molecule has 8 nitrogen and oxygen atoms in total.